The Labute approximate surface area is 101 Å². The summed E-state index contributed by atoms with van der Waals surface area (Å²) in [6.07, 6.45) is 0.807. The lowest BCUT2D eigenvalue weighted by atomic mass is 9.98. The first-order chi connectivity index (χ1) is 8.13. The van der Waals surface area contributed by atoms with Gasteiger partial charge in [0.05, 0.1) is 0 Å². The van der Waals surface area contributed by atoms with Crippen molar-refractivity contribution < 1.29 is 9.47 Å². The number of benzene rings is 2. The van der Waals surface area contributed by atoms with Crippen LogP contribution >= 0.6 is 0 Å². The van der Waals surface area contributed by atoms with Crippen LogP contribution in [0.25, 0.3) is 10.8 Å². The minimum Gasteiger partial charge on any atom is -0.462 e. The number of fused-ring (bicyclic) bond motifs is 3. The first-order valence-corrected chi connectivity index (χ1v) is 5.88. The Bertz CT molecular complexity index is 589. The van der Waals surface area contributed by atoms with Gasteiger partial charge in [0.2, 0.25) is 5.79 Å². The normalized spacial score (nSPS) is 22.5. The molecule has 0 spiro atoms. The van der Waals surface area contributed by atoms with E-state index in [1.807, 2.05) is 6.92 Å². The second-order valence-corrected chi connectivity index (χ2v) is 4.84. The molecule has 0 N–H and O–H groups in total. The van der Waals surface area contributed by atoms with Crippen LogP contribution in [0, 0.1) is 6.92 Å². The first-order valence-electron chi connectivity index (χ1n) is 5.88. The van der Waals surface area contributed by atoms with Gasteiger partial charge in [0.25, 0.3) is 0 Å². The molecule has 1 aliphatic heterocycles. The van der Waals surface area contributed by atoms with Crippen molar-refractivity contribution in [1.29, 1.82) is 0 Å². The van der Waals surface area contributed by atoms with Gasteiger partial charge >= 0.3 is 0 Å². The summed E-state index contributed by atoms with van der Waals surface area (Å²) in [5.74, 6) is 0.477. The van der Waals surface area contributed by atoms with E-state index in [2.05, 4.69) is 37.3 Å². The summed E-state index contributed by atoms with van der Waals surface area (Å²) >= 11 is 0. The quantitative estimate of drug-likeness (QED) is 0.744. The van der Waals surface area contributed by atoms with Crippen molar-refractivity contribution in [3.05, 3.63) is 41.5 Å². The van der Waals surface area contributed by atoms with Gasteiger partial charge in [-0.25, -0.2) is 0 Å². The van der Waals surface area contributed by atoms with Gasteiger partial charge in [-0.05, 0) is 29.3 Å². The summed E-state index contributed by atoms with van der Waals surface area (Å²) < 4.78 is 11.4. The van der Waals surface area contributed by atoms with Crippen molar-refractivity contribution in [2.24, 2.45) is 0 Å². The molecule has 0 saturated carbocycles. The smallest absolute Gasteiger partial charge is 0.211 e. The lowest BCUT2D eigenvalue weighted by Crippen LogP contribution is -2.32. The lowest BCUT2D eigenvalue weighted by Gasteiger charge is -2.21. The van der Waals surface area contributed by atoms with Gasteiger partial charge in [-0.2, -0.15) is 0 Å². The minimum absolute atomic E-state index is 0.517. The molecule has 2 aromatic carbocycles. The fourth-order valence-electron chi connectivity index (χ4n) is 2.56. The molecule has 1 heterocycles. The average Bonchev–Trinajstić information content (AvgIpc) is 2.69. The summed E-state index contributed by atoms with van der Waals surface area (Å²) in [6.45, 7) is 4.08. The number of methoxy groups -OCH3 is 1. The number of ether oxygens (including phenoxy) is 2. The van der Waals surface area contributed by atoms with Crippen molar-refractivity contribution in [2.45, 2.75) is 26.1 Å². The third kappa shape index (κ3) is 1.52. The fourth-order valence-corrected chi connectivity index (χ4v) is 2.56. The molecule has 0 fully saturated rings. The van der Waals surface area contributed by atoms with Gasteiger partial charge in [-0.1, -0.05) is 24.3 Å². The predicted octanol–water partition coefficient (Wildman–Crippen LogP) is 3.45. The number of hydrogen-bond acceptors (Lipinski definition) is 2. The predicted molar refractivity (Wildman–Crippen MR) is 68.4 cm³/mol. The number of aryl methyl sites for hydroxylation is 1. The Hall–Kier alpha value is -1.54. The molecule has 17 heavy (non-hydrogen) atoms. The number of hydrogen-bond donors (Lipinski definition) is 0. The van der Waals surface area contributed by atoms with E-state index in [-0.39, 0.29) is 0 Å². The van der Waals surface area contributed by atoms with Crippen molar-refractivity contribution in [1.82, 2.24) is 0 Å². The second-order valence-electron chi connectivity index (χ2n) is 4.84. The van der Waals surface area contributed by atoms with E-state index in [9.17, 15) is 0 Å². The van der Waals surface area contributed by atoms with Gasteiger partial charge in [0.15, 0.2) is 0 Å². The monoisotopic (exact) mass is 228 g/mol. The topological polar surface area (TPSA) is 18.5 Å². The van der Waals surface area contributed by atoms with E-state index in [0.717, 1.165) is 12.2 Å². The van der Waals surface area contributed by atoms with E-state index < -0.39 is 5.79 Å². The molecule has 0 aromatic heterocycles. The zero-order valence-electron chi connectivity index (χ0n) is 10.4. The Kier molecular flexibility index (Phi) is 2.17. The van der Waals surface area contributed by atoms with Crippen LogP contribution in [0.1, 0.15) is 18.1 Å². The summed E-state index contributed by atoms with van der Waals surface area (Å²) in [5.41, 5.74) is 2.45. The molecule has 0 radical (unpaired) electrons. The Balaban J connectivity index is 2.27. The highest BCUT2D eigenvalue weighted by Gasteiger charge is 2.36. The highest BCUT2D eigenvalue weighted by Crippen LogP contribution is 2.42. The van der Waals surface area contributed by atoms with Crippen molar-refractivity contribution in [3.63, 3.8) is 0 Å². The minimum atomic E-state index is -0.517. The third-order valence-electron chi connectivity index (χ3n) is 3.54. The van der Waals surface area contributed by atoms with E-state index in [4.69, 9.17) is 9.47 Å². The maximum Gasteiger partial charge on any atom is 0.211 e. The molecule has 2 nitrogen and oxygen atoms in total. The van der Waals surface area contributed by atoms with Crippen LogP contribution in [0.3, 0.4) is 0 Å². The molecule has 0 bridgehead atoms. The highest BCUT2D eigenvalue weighted by molar-refractivity contribution is 5.89. The maximum atomic E-state index is 5.96. The van der Waals surface area contributed by atoms with Crippen LogP contribution in [0.2, 0.25) is 0 Å². The summed E-state index contributed by atoms with van der Waals surface area (Å²) in [7, 11) is 1.70. The lowest BCUT2D eigenvalue weighted by molar-refractivity contribution is -0.134. The van der Waals surface area contributed by atoms with Crippen molar-refractivity contribution >= 4 is 10.8 Å². The molecule has 88 valence electrons. The Morgan fingerprint density at radius 1 is 1.29 bits per heavy atom. The van der Waals surface area contributed by atoms with Gasteiger partial charge in [0.1, 0.15) is 5.75 Å². The summed E-state index contributed by atoms with van der Waals surface area (Å²) in [6, 6.07) is 10.6. The largest absolute Gasteiger partial charge is 0.462 e. The van der Waals surface area contributed by atoms with Gasteiger partial charge in [0, 0.05) is 26.0 Å². The van der Waals surface area contributed by atoms with Gasteiger partial charge < -0.3 is 9.47 Å². The molecule has 0 aliphatic carbocycles. The van der Waals surface area contributed by atoms with Crippen LogP contribution in [-0.2, 0) is 11.2 Å². The summed E-state index contributed by atoms with van der Waals surface area (Å²) in [5, 5.41) is 2.54. The van der Waals surface area contributed by atoms with Crippen LogP contribution in [0.4, 0.5) is 0 Å². The fraction of sp³-hybridized carbons (Fsp3) is 0.333. The van der Waals surface area contributed by atoms with Gasteiger partial charge in [-0.15, -0.1) is 0 Å². The zero-order chi connectivity index (χ0) is 12.0. The third-order valence-corrected chi connectivity index (χ3v) is 3.54. The molecular weight excluding hydrogens is 212 g/mol. The van der Waals surface area contributed by atoms with E-state index >= 15 is 0 Å². The molecule has 3 rings (SSSR count). The Morgan fingerprint density at radius 3 is 2.82 bits per heavy atom. The van der Waals surface area contributed by atoms with Crippen LogP contribution in [-0.4, -0.2) is 12.9 Å². The average molecular weight is 228 g/mol. The standard InChI is InChI=1S/C15H16O2/c1-10-8-11-6-4-5-7-12(11)13-9-15(2,16-3)17-14(10)13/h4-8H,9H2,1-3H3. The maximum absolute atomic E-state index is 5.96. The van der Waals surface area contributed by atoms with Crippen molar-refractivity contribution in [3.8, 4) is 5.75 Å². The Morgan fingerprint density at radius 2 is 2.06 bits per heavy atom. The summed E-state index contributed by atoms with van der Waals surface area (Å²) in [4.78, 5) is 0. The second kappa shape index (κ2) is 3.47. The van der Waals surface area contributed by atoms with Crippen molar-refractivity contribution in [2.75, 3.05) is 7.11 Å². The molecule has 1 unspecified atom stereocenters. The molecular formula is C15H16O2. The van der Waals surface area contributed by atoms with E-state index in [0.29, 0.717) is 0 Å². The SMILES string of the molecule is COC1(C)Cc2c(c(C)cc3ccccc23)O1. The molecule has 2 aromatic rings. The molecule has 1 aliphatic rings. The van der Waals surface area contributed by atoms with E-state index in [1.165, 1.54) is 21.9 Å². The van der Waals surface area contributed by atoms with Crippen LogP contribution in [0.15, 0.2) is 30.3 Å². The molecule has 0 amide bonds. The van der Waals surface area contributed by atoms with Gasteiger partial charge in [-0.3, -0.25) is 0 Å². The number of rotatable bonds is 1. The molecule has 0 saturated heterocycles. The van der Waals surface area contributed by atoms with E-state index in [1.54, 1.807) is 7.11 Å². The van der Waals surface area contributed by atoms with Crippen LogP contribution < -0.4 is 4.74 Å². The first kappa shape index (κ1) is 10.6. The molecule has 1 atom stereocenters. The molecule has 2 heteroatoms. The zero-order valence-corrected chi connectivity index (χ0v) is 10.4. The highest BCUT2D eigenvalue weighted by atomic mass is 16.7. The van der Waals surface area contributed by atoms with Crippen LogP contribution in [0.5, 0.6) is 5.75 Å².